The molecule has 2 heterocycles. The molecule has 1 aromatic heterocycles. The van der Waals surface area contributed by atoms with Crippen molar-refractivity contribution in [3.63, 3.8) is 0 Å². The van der Waals surface area contributed by atoms with Crippen LogP contribution >= 0.6 is 9.24 Å². The van der Waals surface area contributed by atoms with Crippen LogP contribution in [0.15, 0.2) is 73.4 Å². The number of hydrogen-bond acceptors (Lipinski definition) is 6. The minimum absolute atomic E-state index is 0.197. The zero-order valence-electron chi connectivity index (χ0n) is 26.8. The molecule has 4 N–H and O–H groups in total. The van der Waals surface area contributed by atoms with Gasteiger partial charge in [0.15, 0.2) is 0 Å². The summed E-state index contributed by atoms with van der Waals surface area (Å²) in [5.74, 6) is 1.43. The van der Waals surface area contributed by atoms with Crippen molar-refractivity contribution in [1.82, 2.24) is 14.7 Å². The molecule has 0 aliphatic carbocycles. The monoisotopic (exact) mass is 613 g/mol. The van der Waals surface area contributed by atoms with Gasteiger partial charge in [-0.1, -0.05) is 78.2 Å². The van der Waals surface area contributed by atoms with Gasteiger partial charge >= 0.3 is 0 Å². The number of rotatable bonds is 8. The standard InChI is InChI=1S/C15H21N3O2.C8H10.C7H15FNP.C2H5N.C2H2/c1-11-13(16-4)18(12-8-6-5-7-9-12)17-14(11)20-10-15(2,3)19;1-2-8-6-4-3-5-7-8;1-6-2-3-9(4-6)5-7(8)10;1-2-3;1-2/h5-9,16,19H,10H2,1-4H3;3-7H,2H2,1H3;6-7H,2-5,10H2,1H3;2H,1,3H2;1-2H/t;;6-,7?;;/m..0../s1. The number of alkyl halides is 1. The number of nitrogens with one attached hydrogen (secondary N) is 1. The van der Waals surface area contributed by atoms with Crippen molar-refractivity contribution < 1.29 is 14.2 Å². The van der Waals surface area contributed by atoms with Crippen molar-refractivity contribution in [2.24, 2.45) is 11.7 Å². The van der Waals surface area contributed by atoms with Crippen LogP contribution in [0.25, 0.3) is 5.69 Å². The number of benzene rings is 2. The number of hydrogen-bond donors (Lipinski definition) is 3. The lowest BCUT2D eigenvalue weighted by Crippen LogP contribution is -2.28. The van der Waals surface area contributed by atoms with E-state index in [2.05, 4.69) is 87.8 Å². The third kappa shape index (κ3) is 16.7. The van der Waals surface area contributed by atoms with Gasteiger partial charge in [0.2, 0.25) is 5.88 Å². The van der Waals surface area contributed by atoms with Gasteiger partial charge in [-0.2, -0.15) is 0 Å². The van der Waals surface area contributed by atoms with E-state index in [4.69, 9.17) is 4.74 Å². The number of halogens is 1. The lowest BCUT2D eigenvalue weighted by molar-refractivity contribution is 0.0265. The van der Waals surface area contributed by atoms with Crippen LogP contribution in [0.4, 0.5) is 10.2 Å². The third-order valence-electron chi connectivity index (χ3n) is 6.07. The van der Waals surface area contributed by atoms with Crippen LogP contribution in [0.1, 0.15) is 45.2 Å². The molecule has 1 fully saturated rings. The molecule has 0 spiro atoms. The number of terminal acetylenes is 1. The summed E-state index contributed by atoms with van der Waals surface area (Å²) in [6.45, 7) is 15.8. The van der Waals surface area contributed by atoms with Crippen LogP contribution in [0, 0.1) is 25.7 Å². The molecule has 1 saturated heterocycles. The number of nitrogens with zero attached hydrogens (tertiary/aromatic N) is 3. The number of anilines is 1. The number of aliphatic hydroxyl groups is 1. The molecule has 0 amide bonds. The van der Waals surface area contributed by atoms with Gasteiger partial charge in [-0.05, 0) is 70.0 Å². The Kier molecular flexibility index (Phi) is 20.5. The summed E-state index contributed by atoms with van der Waals surface area (Å²) >= 11 is 0. The molecule has 2 unspecified atom stereocenters. The highest BCUT2D eigenvalue weighted by Crippen LogP contribution is 2.28. The average molecular weight is 614 g/mol. The molecule has 3 atom stereocenters. The van der Waals surface area contributed by atoms with E-state index >= 15 is 0 Å². The average Bonchev–Trinajstić information content (AvgIpc) is 3.55. The second-order valence-electron chi connectivity index (χ2n) is 10.6. The van der Waals surface area contributed by atoms with E-state index in [1.165, 1.54) is 18.2 Å². The molecule has 7 nitrogen and oxygen atoms in total. The molecule has 0 saturated carbocycles. The second kappa shape index (κ2) is 22.2. The maximum Gasteiger partial charge on any atom is 0.238 e. The Morgan fingerprint density at radius 3 is 2.14 bits per heavy atom. The SMILES string of the molecule is C#C.C=CN.CCc1ccccc1.CNc1c(C)c(OCC(C)(C)O)nn1-c1ccccc1.C[C@H]1CCN(CC(F)P)C1. The van der Waals surface area contributed by atoms with Crippen LogP contribution < -0.4 is 15.8 Å². The molecule has 1 aliphatic heterocycles. The Bertz CT molecular complexity index is 1150. The van der Waals surface area contributed by atoms with Crippen molar-refractivity contribution in [3.05, 3.63) is 84.6 Å². The molecule has 1 aliphatic rings. The summed E-state index contributed by atoms with van der Waals surface area (Å²) in [6, 6.07) is 20.3. The van der Waals surface area contributed by atoms with Gasteiger partial charge in [0, 0.05) is 20.1 Å². The second-order valence-corrected chi connectivity index (χ2v) is 11.3. The van der Waals surface area contributed by atoms with Gasteiger partial charge < -0.3 is 20.9 Å². The first kappa shape index (κ1) is 39.6. The number of nitrogens with two attached hydrogens (primary N) is 1. The molecule has 3 aromatic rings. The zero-order chi connectivity index (χ0) is 32.8. The fraction of sp³-hybridized carbons (Fsp3) is 0.441. The van der Waals surface area contributed by atoms with Gasteiger partial charge in [-0.3, -0.25) is 4.90 Å². The lowest BCUT2D eigenvalue weighted by atomic mass is 10.2. The molecular weight excluding hydrogens is 560 g/mol. The highest BCUT2D eigenvalue weighted by atomic mass is 31.0. The first-order valence-corrected chi connectivity index (χ1v) is 15.1. The van der Waals surface area contributed by atoms with E-state index in [1.807, 2.05) is 50.4 Å². The van der Waals surface area contributed by atoms with E-state index in [9.17, 15) is 9.50 Å². The van der Waals surface area contributed by atoms with Crippen LogP contribution in [-0.2, 0) is 6.42 Å². The van der Waals surface area contributed by atoms with Gasteiger partial charge in [0.05, 0.1) is 16.9 Å². The van der Waals surface area contributed by atoms with Crippen molar-refractivity contribution in [2.75, 3.05) is 38.6 Å². The smallest absolute Gasteiger partial charge is 0.238 e. The maximum absolute atomic E-state index is 12.4. The summed E-state index contributed by atoms with van der Waals surface area (Å²) in [5, 5.41) is 17.4. The molecule has 4 rings (SSSR count). The topological polar surface area (TPSA) is 88.6 Å². The van der Waals surface area contributed by atoms with E-state index < -0.39 is 11.5 Å². The van der Waals surface area contributed by atoms with E-state index in [-0.39, 0.29) is 6.61 Å². The lowest BCUT2D eigenvalue weighted by Gasteiger charge is -2.16. The van der Waals surface area contributed by atoms with E-state index in [0.717, 1.165) is 42.5 Å². The molecule has 0 bridgehead atoms. The Labute approximate surface area is 261 Å². The maximum atomic E-state index is 12.4. The first-order valence-electron chi connectivity index (χ1n) is 14.5. The van der Waals surface area contributed by atoms with Crippen LogP contribution in [0.2, 0.25) is 0 Å². The van der Waals surface area contributed by atoms with Gasteiger partial charge in [-0.25, -0.2) is 9.07 Å². The number of para-hydroxylation sites is 1. The highest BCUT2D eigenvalue weighted by molar-refractivity contribution is 7.17. The predicted octanol–water partition coefficient (Wildman–Crippen LogP) is 6.46. The Hall–Kier alpha value is -3.37. The largest absolute Gasteiger partial charge is 0.473 e. The molecule has 9 heteroatoms. The van der Waals surface area contributed by atoms with Crippen molar-refractivity contribution in [3.8, 4) is 24.4 Å². The van der Waals surface area contributed by atoms with Crippen molar-refractivity contribution >= 4 is 15.1 Å². The molecule has 238 valence electrons. The van der Waals surface area contributed by atoms with Gasteiger partial charge in [-0.15, -0.1) is 17.9 Å². The minimum atomic E-state index is -0.886. The fourth-order valence-corrected chi connectivity index (χ4v) is 4.36. The van der Waals surface area contributed by atoms with Crippen LogP contribution in [0.3, 0.4) is 0 Å². The van der Waals surface area contributed by atoms with E-state index in [0.29, 0.717) is 12.4 Å². The van der Waals surface area contributed by atoms with Crippen molar-refractivity contribution in [2.45, 2.75) is 59.0 Å². The minimum Gasteiger partial charge on any atom is -0.473 e. The molecule has 2 aromatic carbocycles. The molecule has 43 heavy (non-hydrogen) atoms. The summed E-state index contributed by atoms with van der Waals surface area (Å²) < 4.78 is 19.8. The zero-order valence-corrected chi connectivity index (χ0v) is 28.0. The third-order valence-corrected chi connectivity index (χ3v) is 6.28. The van der Waals surface area contributed by atoms with E-state index in [1.54, 1.807) is 18.5 Å². The fourth-order valence-electron chi connectivity index (χ4n) is 4.06. The summed E-state index contributed by atoms with van der Waals surface area (Å²) in [6.07, 6.45) is 11.6. The number of aryl methyl sites for hydroxylation is 1. The Morgan fingerprint density at radius 2 is 1.74 bits per heavy atom. The normalized spacial score (nSPS) is 14.5. The number of ether oxygens (including phenoxy) is 1. The summed E-state index contributed by atoms with van der Waals surface area (Å²) in [4.78, 5) is 2.18. The van der Waals surface area contributed by atoms with Gasteiger partial charge in [0.1, 0.15) is 18.3 Å². The number of likely N-dealkylation sites (tertiary alicyclic amines) is 1. The summed E-state index contributed by atoms with van der Waals surface area (Å²) in [7, 11) is 4.04. The van der Waals surface area contributed by atoms with Crippen LogP contribution in [0.5, 0.6) is 5.88 Å². The first-order chi connectivity index (χ1) is 20.4. The van der Waals surface area contributed by atoms with Crippen LogP contribution in [-0.4, -0.2) is 64.6 Å². The molecule has 0 radical (unpaired) electrons. The quantitative estimate of drug-likeness (QED) is 0.200. The Balaban J connectivity index is 0.000000638. The molecular formula is C34H53FN5O2P. The van der Waals surface area contributed by atoms with Gasteiger partial charge in [0.25, 0.3) is 0 Å². The number of aromatic nitrogens is 2. The highest BCUT2D eigenvalue weighted by Gasteiger charge is 2.20. The van der Waals surface area contributed by atoms with Crippen molar-refractivity contribution in [1.29, 1.82) is 0 Å². The Morgan fingerprint density at radius 1 is 1.21 bits per heavy atom. The predicted molar refractivity (Wildman–Crippen MR) is 185 cm³/mol. The summed E-state index contributed by atoms with van der Waals surface area (Å²) in [5.41, 5.74) is 7.01.